The third-order valence-electron chi connectivity index (χ3n) is 4.79. The Bertz CT molecular complexity index is 1170. The quantitative estimate of drug-likeness (QED) is 0.438. The lowest BCUT2D eigenvalue weighted by Crippen LogP contribution is -2.32. The van der Waals surface area contributed by atoms with E-state index in [2.05, 4.69) is 5.32 Å². The molecule has 0 aromatic heterocycles. The van der Waals surface area contributed by atoms with Crippen molar-refractivity contribution in [3.05, 3.63) is 83.4 Å². The SMILES string of the molecule is Cc1c(Cl)cccc1N(CCCC(=O)Nc1ccc(Oc2ccccc2)cc1)S(C)(=O)=O. The lowest BCUT2D eigenvalue weighted by Gasteiger charge is -2.24. The van der Waals surface area contributed by atoms with Gasteiger partial charge in [0.15, 0.2) is 0 Å². The molecule has 1 amide bonds. The number of ether oxygens (including phenoxy) is 1. The maximum absolute atomic E-state index is 12.3. The predicted octanol–water partition coefficient (Wildman–Crippen LogP) is 5.63. The Balaban J connectivity index is 1.55. The fraction of sp³-hybridized carbons (Fsp3) is 0.208. The van der Waals surface area contributed by atoms with Crippen molar-refractivity contribution in [3.63, 3.8) is 0 Å². The molecule has 0 saturated carbocycles. The average molecular weight is 473 g/mol. The van der Waals surface area contributed by atoms with Gasteiger partial charge in [-0.1, -0.05) is 35.9 Å². The summed E-state index contributed by atoms with van der Waals surface area (Å²) >= 11 is 6.14. The first-order chi connectivity index (χ1) is 15.2. The van der Waals surface area contributed by atoms with Gasteiger partial charge in [-0.2, -0.15) is 0 Å². The molecule has 0 unspecified atom stereocenters. The topological polar surface area (TPSA) is 75.7 Å². The summed E-state index contributed by atoms with van der Waals surface area (Å²) in [6.45, 7) is 1.95. The van der Waals surface area contributed by atoms with Crippen LogP contribution in [0.4, 0.5) is 11.4 Å². The Morgan fingerprint density at radius 3 is 2.28 bits per heavy atom. The van der Waals surface area contributed by atoms with Gasteiger partial charge >= 0.3 is 0 Å². The van der Waals surface area contributed by atoms with Gasteiger partial charge in [0.2, 0.25) is 15.9 Å². The van der Waals surface area contributed by atoms with Crippen LogP contribution in [0, 0.1) is 6.92 Å². The largest absolute Gasteiger partial charge is 0.457 e. The van der Waals surface area contributed by atoms with Crippen LogP contribution in [0.2, 0.25) is 5.02 Å². The third-order valence-corrected chi connectivity index (χ3v) is 6.38. The number of nitrogens with zero attached hydrogens (tertiary/aromatic N) is 1. The summed E-state index contributed by atoms with van der Waals surface area (Å²) in [4.78, 5) is 12.3. The van der Waals surface area contributed by atoms with E-state index >= 15 is 0 Å². The standard InChI is InChI=1S/C24H25ClN2O4S/c1-18-22(25)10-6-11-23(18)27(32(2,29)30)17-7-12-24(28)26-19-13-15-21(16-14-19)31-20-8-4-3-5-9-20/h3-6,8-11,13-16H,7,12,17H2,1-2H3,(H,26,28). The summed E-state index contributed by atoms with van der Waals surface area (Å²) in [7, 11) is -3.52. The molecule has 168 valence electrons. The monoisotopic (exact) mass is 472 g/mol. The smallest absolute Gasteiger partial charge is 0.232 e. The maximum atomic E-state index is 12.3. The van der Waals surface area contributed by atoms with Crippen molar-refractivity contribution in [1.82, 2.24) is 0 Å². The Morgan fingerprint density at radius 1 is 0.969 bits per heavy atom. The van der Waals surface area contributed by atoms with Crippen LogP contribution in [-0.2, 0) is 14.8 Å². The van der Waals surface area contributed by atoms with E-state index in [-0.39, 0.29) is 18.9 Å². The van der Waals surface area contributed by atoms with Crippen LogP contribution in [0.1, 0.15) is 18.4 Å². The molecule has 0 saturated heterocycles. The number of rotatable bonds is 9. The van der Waals surface area contributed by atoms with Crippen LogP contribution in [-0.4, -0.2) is 27.1 Å². The summed E-state index contributed by atoms with van der Waals surface area (Å²) in [5.41, 5.74) is 1.84. The van der Waals surface area contributed by atoms with Crippen LogP contribution in [0.25, 0.3) is 0 Å². The van der Waals surface area contributed by atoms with Crippen LogP contribution < -0.4 is 14.4 Å². The van der Waals surface area contributed by atoms with E-state index < -0.39 is 10.0 Å². The zero-order valence-electron chi connectivity index (χ0n) is 17.9. The molecule has 0 atom stereocenters. The van der Waals surface area contributed by atoms with E-state index in [0.717, 1.165) is 12.0 Å². The summed E-state index contributed by atoms with van der Waals surface area (Å²) in [6.07, 6.45) is 1.68. The summed E-state index contributed by atoms with van der Waals surface area (Å²) in [5, 5.41) is 3.32. The van der Waals surface area contributed by atoms with Crippen LogP contribution in [0.5, 0.6) is 11.5 Å². The number of hydrogen-bond acceptors (Lipinski definition) is 4. The number of nitrogens with one attached hydrogen (secondary N) is 1. The molecule has 0 aliphatic heterocycles. The zero-order valence-corrected chi connectivity index (χ0v) is 19.5. The Hall–Kier alpha value is -3.03. The highest BCUT2D eigenvalue weighted by Gasteiger charge is 2.20. The molecule has 3 aromatic carbocycles. The first-order valence-electron chi connectivity index (χ1n) is 10.1. The lowest BCUT2D eigenvalue weighted by molar-refractivity contribution is -0.116. The molecule has 0 heterocycles. The van der Waals surface area contributed by atoms with Crippen molar-refractivity contribution in [2.24, 2.45) is 0 Å². The molecule has 0 radical (unpaired) electrons. The van der Waals surface area contributed by atoms with Gasteiger partial charge in [0, 0.05) is 23.7 Å². The van der Waals surface area contributed by atoms with Crippen molar-refractivity contribution in [3.8, 4) is 11.5 Å². The fourth-order valence-corrected chi connectivity index (χ4v) is 4.35. The van der Waals surface area contributed by atoms with Crippen LogP contribution >= 0.6 is 11.6 Å². The van der Waals surface area contributed by atoms with Gasteiger partial charge in [-0.25, -0.2) is 8.42 Å². The first kappa shape index (κ1) is 23.6. The van der Waals surface area contributed by atoms with Crippen molar-refractivity contribution < 1.29 is 17.9 Å². The number of carbonyl (C=O) groups is 1. The molecular formula is C24H25ClN2O4S. The molecule has 0 aliphatic rings. The second kappa shape index (κ2) is 10.5. The van der Waals surface area contributed by atoms with E-state index in [9.17, 15) is 13.2 Å². The highest BCUT2D eigenvalue weighted by molar-refractivity contribution is 7.92. The number of sulfonamides is 1. The highest BCUT2D eigenvalue weighted by atomic mass is 35.5. The minimum absolute atomic E-state index is 0.175. The number of amides is 1. The first-order valence-corrected chi connectivity index (χ1v) is 12.3. The number of para-hydroxylation sites is 1. The Morgan fingerprint density at radius 2 is 1.62 bits per heavy atom. The Labute approximate surface area is 193 Å². The molecule has 3 rings (SSSR count). The number of hydrogen-bond donors (Lipinski definition) is 1. The third kappa shape index (κ3) is 6.48. The molecule has 0 fully saturated rings. The normalized spacial score (nSPS) is 11.1. The minimum atomic E-state index is -3.52. The molecule has 6 nitrogen and oxygen atoms in total. The summed E-state index contributed by atoms with van der Waals surface area (Å²) < 4.78 is 31.6. The highest BCUT2D eigenvalue weighted by Crippen LogP contribution is 2.28. The molecule has 0 spiro atoms. The number of carbonyl (C=O) groups excluding carboxylic acids is 1. The summed E-state index contributed by atoms with van der Waals surface area (Å²) in [6, 6.07) is 21.6. The van der Waals surface area contributed by atoms with Gasteiger partial charge < -0.3 is 10.1 Å². The van der Waals surface area contributed by atoms with E-state index in [1.54, 1.807) is 49.4 Å². The molecule has 1 N–H and O–H groups in total. The molecule has 3 aromatic rings. The van der Waals surface area contributed by atoms with Gasteiger partial charge in [0.25, 0.3) is 0 Å². The molecule has 0 bridgehead atoms. The molecule has 8 heteroatoms. The maximum Gasteiger partial charge on any atom is 0.232 e. The van der Waals surface area contributed by atoms with Crippen LogP contribution in [0.15, 0.2) is 72.8 Å². The van der Waals surface area contributed by atoms with Crippen LogP contribution in [0.3, 0.4) is 0 Å². The van der Waals surface area contributed by atoms with Crippen molar-refractivity contribution >= 4 is 38.9 Å². The molecule has 0 aliphatic carbocycles. The zero-order chi connectivity index (χ0) is 23.1. The number of anilines is 2. The van der Waals surface area contributed by atoms with Gasteiger partial charge in [0.1, 0.15) is 11.5 Å². The van der Waals surface area contributed by atoms with E-state index in [1.807, 2.05) is 30.3 Å². The summed E-state index contributed by atoms with van der Waals surface area (Å²) in [5.74, 6) is 1.20. The van der Waals surface area contributed by atoms with Gasteiger partial charge in [-0.05, 0) is 67.4 Å². The fourth-order valence-electron chi connectivity index (χ4n) is 3.17. The second-order valence-electron chi connectivity index (χ2n) is 7.31. The average Bonchev–Trinajstić information content (AvgIpc) is 2.75. The van der Waals surface area contributed by atoms with E-state index in [1.165, 1.54) is 4.31 Å². The second-order valence-corrected chi connectivity index (χ2v) is 9.62. The van der Waals surface area contributed by atoms with E-state index in [4.69, 9.17) is 16.3 Å². The van der Waals surface area contributed by atoms with Crippen molar-refractivity contribution in [1.29, 1.82) is 0 Å². The lowest BCUT2D eigenvalue weighted by atomic mass is 10.2. The predicted molar refractivity (Wildman–Crippen MR) is 129 cm³/mol. The molecular weight excluding hydrogens is 448 g/mol. The number of halogens is 1. The van der Waals surface area contributed by atoms with Crippen molar-refractivity contribution in [2.45, 2.75) is 19.8 Å². The van der Waals surface area contributed by atoms with Crippen molar-refractivity contribution in [2.75, 3.05) is 22.4 Å². The minimum Gasteiger partial charge on any atom is -0.457 e. The Kier molecular flexibility index (Phi) is 7.77. The van der Waals surface area contributed by atoms with Gasteiger partial charge in [0.05, 0.1) is 11.9 Å². The van der Waals surface area contributed by atoms with Gasteiger partial charge in [-0.3, -0.25) is 9.10 Å². The van der Waals surface area contributed by atoms with E-state index in [0.29, 0.717) is 34.1 Å². The van der Waals surface area contributed by atoms with Gasteiger partial charge in [-0.15, -0.1) is 0 Å². The number of benzene rings is 3. The molecule has 32 heavy (non-hydrogen) atoms.